The summed E-state index contributed by atoms with van der Waals surface area (Å²) in [5.41, 5.74) is 5.62. The van der Waals surface area contributed by atoms with Crippen LogP contribution in [0.15, 0.2) is 53.7 Å². The summed E-state index contributed by atoms with van der Waals surface area (Å²) in [5.74, 6) is -4.40. The molecule has 3 heterocycles. The Morgan fingerprint density at radius 1 is 1.31 bits per heavy atom. The molecule has 12 heteroatoms. The second kappa shape index (κ2) is 10.5. The average Bonchev–Trinajstić information content (AvgIpc) is 2.86. The standard InChI is InChI=1S/C24H25F3N6O3/c1-14(22(34)32-20-11-30-21(12-29-20)36-18-4-2-17(25)3-5-18)33-7-6-24(26,27)19(13-33)16-8-15(9-28)23(35)31-10-16/h2-5,8,10-12,14,19H,6-7,9,13,28H2,1H3,(H,31,35)(H,29,32,34). The molecule has 1 aliphatic rings. The van der Waals surface area contributed by atoms with Crippen molar-refractivity contribution in [3.8, 4) is 11.6 Å². The molecule has 1 aliphatic heterocycles. The predicted octanol–water partition coefficient (Wildman–Crippen LogP) is 3.01. The number of anilines is 1. The number of hydrogen-bond acceptors (Lipinski definition) is 7. The van der Waals surface area contributed by atoms with E-state index in [0.29, 0.717) is 5.75 Å². The number of piperidine rings is 1. The van der Waals surface area contributed by atoms with E-state index >= 15 is 0 Å². The fourth-order valence-corrected chi connectivity index (χ4v) is 3.98. The van der Waals surface area contributed by atoms with Gasteiger partial charge in [0.25, 0.3) is 11.5 Å². The lowest BCUT2D eigenvalue weighted by molar-refractivity contribution is -0.125. The van der Waals surface area contributed by atoms with Crippen molar-refractivity contribution in [1.29, 1.82) is 0 Å². The van der Waals surface area contributed by atoms with E-state index in [0.717, 1.165) is 0 Å². The molecule has 4 N–H and O–H groups in total. The van der Waals surface area contributed by atoms with Crippen LogP contribution in [0.5, 0.6) is 11.6 Å². The second-order valence-electron chi connectivity index (χ2n) is 8.51. The SMILES string of the molecule is CC(C(=O)Nc1cnc(Oc2ccc(F)cc2)cn1)N1CCC(F)(F)C(c2c[nH]c(=O)c(CN)c2)C1. The van der Waals surface area contributed by atoms with Gasteiger partial charge >= 0.3 is 0 Å². The van der Waals surface area contributed by atoms with Gasteiger partial charge in [-0.3, -0.25) is 14.5 Å². The number of benzene rings is 1. The number of H-pyrrole nitrogens is 1. The third kappa shape index (κ3) is 5.71. The number of amides is 1. The zero-order chi connectivity index (χ0) is 25.9. The molecule has 0 radical (unpaired) electrons. The van der Waals surface area contributed by atoms with Crippen LogP contribution in [0.1, 0.15) is 30.4 Å². The van der Waals surface area contributed by atoms with E-state index in [1.54, 1.807) is 11.8 Å². The lowest BCUT2D eigenvalue weighted by Crippen LogP contribution is -2.52. The molecule has 1 amide bonds. The van der Waals surface area contributed by atoms with Crippen LogP contribution in [0.25, 0.3) is 0 Å². The first-order valence-corrected chi connectivity index (χ1v) is 11.3. The van der Waals surface area contributed by atoms with E-state index in [9.17, 15) is 22.8 Å². The van der Waals surface area contributed by atoms with Gasteiger partial charge in [0.1, 0.15) is 11.6 Å². The monoisotopic (exact) mass is 502 g/mol. The number of pyridine rings is 1. The number of carbonyl (C=O) groups is 1. The van der Waals surface area contributed by atoms with Gasteiger partial charge in [0.2, 0.25) is 11.8 Å². The van der Waals surface area contributed by atoms with Gasteiger partial charge in [-0.1, -0.05) is 0 Å². The molecule has 1 saturated heterocycles. The molecule has 0 spiro atoms. The number of ether oxygens (including phenoxy) is 1. The van der Waals surface area contributed by atoms with E-state index in [4.69, 9.17) is 10.5 Å². The zero-order valence-corrected chi connectivity index (χ0v) is 19.4. The van der Waals surface area contributed by atoms with Crippen molar-refractivity contribution >= 4 is 11.7 Å². The number of halogens is 3. The third-order valence-electron chi connectivity index (χ3n) is 6.13. The highest BCUT2D eigenvalue weighted by atomic mass is 19.3. The quantitative estimate of drug-likeness (QED) is 0.453. The lowest BCUT2D eigenvalue weighted by atomic mass is 9.86. The molecule has 9 nitrogen and oxygen atoms in total. The van der Waals surface area contributed by atoms with Gasteiger partial charge < -0.3 is 20.8 Å². The van der Waals surface area contributed by atoms with Crippen LogP contribution in [0.4, 0.5) is 19.0 Å². The number of nitrogens with one attached hydrogen (secondary N) is 2. The Balaban J connectivity index is 1.40. The molecule has 0 bridgehead atoms. The van der Waals surface area contributed by atoms with Crippen LogP contribution in [-0.2, 0) is 11.3 Å². The first-order chi connectivity index (χ1) is 17.2. The van der Waals surface area contributed by atoms with Crippen molar-refractivity contribution in [1.82, 2.24) is 19.9 Å². The van der Waals surface area contributed by atoms with Crippen LogP contribution >= 0.6 is 0 Å². The highest BCUT2D eigenvalue weighted by Gasteiger charge is 2.46. The van der Waals surface area contributed by atoms with Crippen LogP contribution in [-0.4, -0.2) is 50.8 Å². The summed E-state index contributed by atoms with van der Waals surface area (Å²) in [7, 11) is 0. The highest BCUT2D eigenvalue weighted by molar-refractivity contribution is 5.93. The summed E-state index contributed by atoms with van der Waals surface area (Å²) in [6.45, 7) is 1.47. The number of alkyl halides is 2. The van der Waals surface area contributed by atoms with Gasteiger partial charge in [0.05, 0.1) is 24.4 Å². The molecular weight excluding hydrogens is 477 g/mol. The van der Waals surface area contributed by atoms with Crippen LogP contribution in [0.2, 0.25) is 0 Å². The van der Waals surface area contributed by atoms with E-state index in [1.165, 1.54) is 48.9 Å². The van der Waals surface area contributed by atoms with Crippen molar-refractivity contribution in [2.45, 2.75) is 37.8 Å². The number of aromatic nitrogens is 3. The Morgan fingerprint density at radius 2 is 2.06 bits per heavy atom. The molecule has 3 aromatic rings. The number of aromatic amines is 1. The van der Waals surface area contributed by atoms with Crippen molar-refractivity contribution < 1.29 is 22.7 Å². The molecule has 36 heavy (non-hydrogen) atoms. The van der Waals surface area contributed by atoms with Crippen LogP contribution in [0, 0.1) is 5.82 Å². The van der Waals surface area contributed by atoms with E-state index in [1.807, 2.05) is 0 Å². The largest absolute Gasteiger partial charge is 0.438 e. The smallest absolute Gasteiger partial charge is 0.257 e. The Hall–Kier alpha value is -3.77. The predicted molar refractivity (Wildman–Crippen MR) is 125 cm³/mol. The molecule has 0 saturated carbocycles. The van der Waals surface area contributed by atoms with E-state index < -0.39 is 41.6 Å². The second-order valence-corrected chi connectivity index (χ2v) is 8.51. The van der Waals surface area contributed by atoms with Gasteiger partial charge in [-0.25, -0.2) is 23.1 Å². The number of hydrogen-bond donors (Lipinski definition) is 3. The van der Waals surface area contributed by atoms with Crippen molar-refractivity contribution in [2.75, 3.05) is 18.4 Å². The van der Waals surface area contributed by atoms with Crippen molar-refractivity contribution in [2.24, 2.45) is 5.73 Å². The van der Waals surface area contributed by atoms with Crippen LogP contribution in [0.3, 0.4) is 0 Å². The molecular formula is C24H25F3N6O3. The van der Waals surface area contributed by atoms with Gasteiger partial charge in [0, 0.05) is 37.8 Å². The topological polar surface area (TPSA) is 126 Å². The van der Waals surface area contributed by atoms with Crippen molar-refractivity contribution in [3.63, 3.8) is 0 Å². The maximum Gasteiger partial charge on any atom is 0.257 e. The summed E-state index contributed by atoms with van der Waals surface area (Å²) in [6.07, 6.45) is 3.43. The maximum absolute atomic E-state index is 14.8. The Kier molecular flexibility index (Phi) is 7.36. The summed E-state index contributed by atoms with van der Waals surface area (Å²) in [4.78, 5) is 36.9. The maximum atomic E-state index is 14.8. The molecule has 2 unspecified atom stereocenters. The van der Waals surface area contributed by atoms with Crippen LogP contribution < -0.4 is 21.3 Å². The minimum absolute atomic E-state index is 0.0152. The molecule has 190 valence electrons. The number of carbonyl (C=O) groups excluding carboxylic acids is 1. The summed E-state index contributed by atoms with van der Waals surface area (Å²) in [5, 5.41) is 2.63. The Morgan fingerprint density at radius 3 is 2.72 bits per heavy atom. The number of nitrogens with two attached hydrogens (primary N) is 1. The van der Waals surface area contributed by atoms with Gasteiger partial charge in [-0.2, -0.15) is 0 Å². The van der Waals surface area contributed by atoms with E-state index in [2.05, 4.69) is 20.3 Å². The summed E-state index contributed by atoms with van der Waals surface area (Å²) < 4.78 is 48.1. The number of nitrogens with zero attached hydrogens (tertiary/aromatic N) is 3. The zero-order valence-electron chi connectivity index (χ0n) is 19.4. The minimum atomic E-state index is -3.01. The first-order valence-electron chi connectivity index (χ1n) is 11.3. The van der Waals surface area contributed by atoms with E-state index in [-0.39, 0.29) is 42.5 Å². The molecule has 4 rings (SSSR count). The number of likely N-dealkylation sites (tertiary alicyclic amines) is 1. The lowest BCUT2D eigenvalue weighted by Gasteiger charge is -2.40. The highest BCUT2D eigenvalue weighted by Crippen LogP contribution is 2.40. The average molecular weight is 502 g/mol. The Labute approximate surface area is 204 Å². The fraction of sp³-hybridized carbons (Fsp3) is 0.333. The van der Waals surface area contributed by atoms with Gasteiger partial charge in [-0.15, -0.1) is 0 Å². The van der Waals surface area contributed by atoms with Crippen molar-refractivity contribution in [3.05, 3.63) is 76.2 Å². The normalized spacial score (nSPS) is 18.4. The fourth-order valence-electron chi connectivity index (χ4n) is 3.98. The minimum Gasteiger partial charge on any atom is -0.438 e. The summed E-state index contributed by atoms with van der Waals surface area (Å²) >= 11 is 0. The molecule has 0 aliphatic carbocycles. The molecule has 2 atom stereocenters. The van der Waals surface area contributed by atoms with Gasteiger partial charge in [0.15, 0.2) is 5.82 Å². The Bertz CT molecular complexity index is 1270. The third-order valence-corrected chi connectivity index (χ3v) is 6.13. The summed E-state index contributed by atoms with van der Waals surface area (Å²) in [6, 6.07) is 6.03. The molecule has 1 aromatic carbocycles. The molecule has 2 aromatic heterocycles. The first kappa shape index (κ1) is 25.3. The number of rotatable bonds is 7. The van der Waals surface area contributed by atoms with Gasteiger partial charge in [-0.05, 0) is 42.8 Å². The molecule has 1 fully saturated rings.